The first-order chi connectivity index (χ1) is 28.6. The first-order valence-corrected chi connectivity index (χ1v) is 23.1. The van der Waals surface area contributed by atoms with E-state index in [2.05, 4.69) is 142 Å². The predicted octanol–water partition coefficient (Wildman–Crippen LogP) is 15.4. The lowest BCUT2D eigenvalue weighted by atomic mass is 10.1. The molecule has 0 aliphatic carbocycles. The molecule has 0 aliphatic heterocycles. The van der Waals surface area contributed by atoms with Gasteiger partial charge < -0.3 is 14.2 Å². The van der Waals surface area contributed by atoms with Crippen molar-refractivity contribution in [2.45, 2.75) is 181 Å². The lowest BCUT2D eigenvalue weighted by molar-refractivity contribution is -0.163. The van der Waals surface area contributed by atoms with Crippen LogP contribution in [0.3, 0.4) is 0 Å². The van der Waals surface area contributed by atoms with E-state index < -0.39 is 6.10 Å². The van der Waals surface area contributed by atoms with Crippen molar-refractivity contribution in [2.24, 2.45) is 0 Å². The molecule has 0 amide bonds. The Morgan fingerprint density at radius 2 is 0.724 bits per heavy atom. The molecule has 58 heavy (non-hydrogen) atoms. The molecule has 0 saturated carbocycles. The number of esters is 2. The Balaban J connectivity index is 4.45. The largest absolute Gasteiger partial charge is 0.462 e. The van der Waals surface area contributed by atoms with Gasteiger partial charge in [-0.3, -0.25) is 9.59 Å². The van der Waals surface area contributed by atoms with Crippen LogP contribution in [-0.2, 0) is 23.8 Å². The Hall–Kier alpha value is -3.70. The van der Waals surface area contributed by atoms with Gasteiger partial charge in [0.15, 0.2) is 6.10 Å². The van der Waals surface area contributed by atoms with Gasteiger partial charge in [-0.05, 0) is 122 Å². The Labute approximate surface area is 356 Å². The zero-order chi connectivity index (χ0) is 42.1. The maximum Gasteiger partial charge on any atom is 0.306 e. The molecule has 1 unspecified atom stereocenters. The van der Waals surface area contributed by atoms with E-state index >= 15 is 0 Å². The van der Waals surface area contributed by atoms with Crippen molar-refractivity contribution in [3.63, 3.8) is 0 Å². The van der Waals surface area contributed by atoms with E-state index in [0.717, 1.165) is 135 Å². The summed E-state index contributed by atoms with van der Waals surface area (Å²) in [6.45, 7) is 7.33. The summed E-state index contributed by atoms with van der Waals surface area (Å²) in [6.07, 6.45) is 66.3. The minimum atomic E-state index is -0.587. The molecule has 5 nitrogen and oxygen atoms in total. The molecule has 0 rings (SSSR count). The van der Waals surface area contributed by atoms with E-state index in [-0.39, 0.29) is 25.2 Å². The molecule has 326 valence electrons. The molecule has 0 aromatic heterocycles. The van der Waals surface area contributed by atoms with Gasteiger partial charge in [0, 0.05) is 19.4 Å². The number of hydrogen-bond donors (Lipinski definition) is 0. The second-order valence-electron chi connectivity index (χ2n) is 14.5. The van der Waals surface area contributed by atoms with E-state index in [1.165, 1.54) is 6.42 Å². The van der Waals surface area contributed by atoms with Gasteiger partial charge >= 0.3 is 11.9 Å². The van der Waals surface area contributed by atoms with E-state index in [9.17, 15) is 9.59 Å². The second-order valence-corrected chi connectivity index (χ2v) is 14.5. The van der Waals surface area contributed by atoms with Crippen molar-refractivity contribution in [1.82, 2.24) is 0 Å². The molecule has 0 N–H and O–H groups in total. The first-order valence-electron chi connectivity index (χ1n) is 23.1. The number of carbonyl (C=O) groups is 2. The minimum absolute atomic E-state index is 0.0343. The summed E-state index contributed by atoms with van der Waals surface area (Å²) in [7, 11) is 0. The summed E-state index contributed by atoms with van der Waals surface area (Å²) >= 11 is 0. The third-order valence-corrected chi connectivity index (χ3v) is 8.97. The first kappa shape index (κ1) is 54.3. The molecule has 0 aliphatic rings. The number of hydrogen-bond acceptors (Lipinski definition) is 5. The third kappa shape index (κ3) is 45.0. The Morgan fingerprint density at radius 1 is 0.379 bits per heavy atom. The maximum atomic E-state index is 12.7. The SMILES string of the molecule is CC/C=C\C/C=C\C/C=C\C/C=C\CCCCC(=O)OCC(COCCCCCC/C=C\C/C=C\C/C=C\CC)OC(=O)CCCCC/C=C\C/C=C\C/C=C\CC. The van der Waals surface area contributed by atoms with Crippen molar-refractivity contribution in [2.75, 3.05) is 19.8 Å². The van der Waals surface area contributed by atoms with Crippen LogP contribution in [0.5, 0.6) is 0 Å². The van der Waals surface area contributed by atoms with Crippen LogP contribution in [0.4, 0.5) is 0 Å². The molecule has 0 fully saturated rings. The minimum Gasteiger partial charge on any atom is -0.462 e. The lowest BCUT2D eigenvalue weighted by Gasteiger charge is -2.18. The van der Waals surface area contributed by atoms with Gasteiger partial charge in [0.25, 0.3) is 0 Å². The van der Waals surface area contributed by atoms with E-state index in [1.807, 2.05) is 0 Å². The monoisotopic (exact) mass is 801 g/mol. The van der Waals surface area contributed by atoms with Crippen molar-refractivity contribution >= 4 is 11.9 Å². The predicted molar refractivity (Wildman–Crippen MR) is 251 cm³/mol. The molecule has 0 spiro atoms. The van der Waals surface area contributed by atoms with Gasteiger partial charge in [0.1, 0.15) is 6.61 Å². The van der Waals surface area contributed by atoms with Gasteiger partial charge in [-0.2, -0.15) is 0 Å². The number of ether oxygens (including phenoxy) is 3. The number of unbranched alkanes of at least 4 members (excludes halogenated alkanes) is 9. The Bertz CT molecular complexity index is 1220. The summed E-state index contributed by atoms with van der Waals surface area (Å²) in [5, 5.41) is 0. The topological polar surface area (TPSA) is 61.8 Å². The van der Waals surface area contributed by atoms with Gasteiger partial charge in [0.2, 0.25) is 0 Å². The van der Waals surface area contributed by atoms with E-state index in [1.54, 1.807) is 0 Å². The summed E-state index contributed by atoms with van der Waals surface area (Å²) in [5.74, 6) is -0.505. The summed E-state index contributed by atoms with van der Waals surface area (Å²) in [6, 6.07) is 0. The third-order valence-electron chi connectivity index (χ3n) is 8.97. The van der Waals surface area contributed by atoms with Crippen LogP contribution in [0.2, 0.25) is 0 Å². The number of allylic oxidation sites excluding steroid dienone is 20. The molecule has 5 heteroatoms. The molecule has 0 heterocycles. The van der Waals surface area contributed by atoms with Crippen LogP contribution in [-0.4, -0.2) is 37.9 Å². The van der Waals surface area contributed by atoms with Gasteiger partial charge in [-0.15, -0.1) is 0 Å². The van der Waals surface area contributed by atoms with Gasteiger partial charge in [-0.1, -0.05) is 162 Å². The molecule has 0 saturated heterocycles. The number of carbonyl (C=O) groups excluding carboxylic acids is 2. The van der Waals surface area contributed by atoms with Crippen LogP contribution in [0.1, 0.15) is 175 Å². The molecule has 0 radical (unpaired) electrons. The Morgan fingerprint density at radius 3 is 1.17 bits per heavy atom. The fourth-order valence-electron chi connectivity index (χ4n) is 5.64. The van der Waals surface area contributed by atoms with Crippen LogP contribution >= 0.6 is 0 Å². The maximum absolute atomic E-state index is 12.7. The zero-order valence-corrected chi connectivity index (χ0v) is 37.3. The average molecular weight is 801 g/mol. The van der Waals surface area contributed by atoms with Crippen LogP contribution in [0.15, 0.2) is 122 Å². The Kier molecular flexibility index (Phi) is 44.6. The van der Waals surface area contributed by atoms with Crippen molar-refractivity contribution in [3.8, 4) is 0 Å². The highest BCUT2D eigenvalue weighted by Gasteiger charge is 2.17. The summed E-state index contributed by atoms with van der Waals surface area (Å²) in [5.41, 5.74) is 0. The van der Waals surface area contributed by atoms with Crippen molar-refractivity contribution in [3.05, 3.63) is 122 Å². The fraction of sp³-hybridized carbons (Fsp3) is 0.585. The molecule has 0 bridgehead atoms. The van der Waals surface area contributed by atoms with Gasteiger partial charge in [-0.25, -0.2) is 0 Å². The highest BCUT2D eigenvalue weighted by atomic mass is 16.6. The van der Waals surface area contributed by atoms with Crippen LogP contribution in [0, 0.1) is 0 Å². The lowest BCUT2D eigenvalue weighted by Crippen LogP contribution is -2.30. The normalized spacial score (nSPS) is 13.4. The van der Waals surface area contributed by atoms with Crippen molar-refractivity contribution in [1.29, 1.82) is 0 Å². The standard InChI is InChI=1S/C53H84O5/c1-4-7-10-13-16-19-22-25-27-29-31-34-37-40-43-46-52(54)57-50-51(49-56-48-45-42-39-36-33-30-26-23-20-17-14-11-8-5-2)58-53(55)47-44-41-38-35-32-28-24-21-18-15-12-9-6-3/h7-12,16-21,25-28,30-32,34,51H,4-6,13-15,22-24,29,33,35-50H2,1-3H3/b10-7-,11-8-,12-9-,19-16-,20-17-,21-18-,27-25-,30-26-,32-28-,34-31-. The summed E-state index contributed by atoms with van der Waals surface area (Å²) < 4.78 is 17.2. The summed E-state index contributed by atoms with van der Waals surface area (Å²) in [4.78, 5) is 25.3. The highest BCUT2D eigenvalue weighted by molar-refractivity contribution is 5.70. The van der Waals surface area contributed by atoms with Gasteiger partial charge in [0.05, 0.1) is 6.61 Å². The van der Waals surface area contributed by atoms with Crippen LogP contribution < -0.4 is 0 Å². The molecule has 0 aromatic carbocycles. The molecule has 0 aromatic rings. The van der Waals surface area contributed by atoms with Crippen LogP contribution in [0.25, 0.3) is 0 Å². The quantitative estimate of drug-likeness (QED) is 0.0351. The second kappa shape index (κ2) is 47.7. The molecular weight excluding hydrogens is 717 g/mol. The molecule has 1 atom stereocenters. The average Bonchev–Trinajstić information content (AvgIpc) is 3.22. The van der Waals surface area contributed by atoms with E-state index in [4.69, 9.17) is 14.2 Å². The van der Waals surface area contributed by atoms with Crippen molar-refractivity contribution < 1.29 is 23.8 Å². The van der Waals surface area contributed by atoms with E-state index in [0.29, 0.717) is 19.4 Å². The smallest absolute Gasteiger partial charge is 0.306 e. The fourth-order valence-corrected chi connectivity index (χ4v) is 5.64. The highest BCUT2D eigenvalue weighted by Crippen LogP contribution is 2.10. The number of rotatable bonds is 40. The zero-order valence-electron chi connectivity index (χ0n) is 37.3. The molecular formula is C53H84O5.